The van der Waals surface area contributed by atoms with Crippen molar-refractivity contribution < 1.29 is 15.4 Å². The number of para-hydroxylation sites is 2. The van der Waals surface area contributed by atoms with Crippen LogP contribution in [-0.2, 0) is 0 Å². The Morgan fingerprint density at radius 1 is 0.410 bits per heavy atom. The van der Waals surface area contributed by atoms with Gasteiger partial charge in [-0.1, -0.05) is 139 Å². The van der Waals surface area contributed by atoms with Gasteiger partial charge in [-0.05, 0) is 49.9 Å². The SMILES string of the molecule is [2H]c1c([2H])c([2H])c2c(-c3cccc4c3oc3ccccc34)c3c([2H])c([2H])c([2H])c([2H])c3c(-c3ccc(-c4ccccc4)cc3)c2c1[2H]. The van der Waals surface area contributed by atoms with E-state index >= 15 is 0 Å². The predicted molar refractivity (Wildman–Crippen MR) is 165 cm³/mol. The number of rotatable bonds is 3. The molecule has 0 bridgehead atoms. The van der Waals surface area contributed by atoms with Gasteiger partial charge in [0.1, 0.15) is 11.2 Å². The van der Waals surface area contributed by atoms with Gasteiger partial charge in [0.15, 0.2) is 0 Å². The molecule has 39 heavy (non-hydrogen) atoms. The van der Waals surface area contributed by atoms with Crippen LogP contribution in [0.2, 0.25) is 0 Å². The largest absolute Gasteiger partial charge is 0.455 e. The minimum Gasteiger partial charge on any atom is -0.455 e. The highest BCUT2D eigenvalue weighted by atomic mass is 16.3. The molecular weight excluding hydrogens is 472 g/mol. The molecule has 0 aliphatic heterocycles. The maximum Gasteiger partial charge on any atom is 0.143 e. The van der Waals surface area contributed by atoms with Gasteiger partial charge in [0.2, 0.25) is 0 Å². The van der Waals surface area contributed by atoms with Crippen LogP contribution in [0.4, 0.5) is 0 Å². The van der Waals surface area contributed by atoms with Gasteiger partial charge in [-0.25, -0.2) is 0 Å². The molecule has 1 aromatic heterocycles. The van der Waals surface area contributed by atoms with E-state index in [1.165, 1.54) is 0 Å². The van der Waals surface area contributed by atoms with Crippen LogP contribution in [0.25, 0.3) is 76.9 Å². The Morgan fingerprint density at radius 2 is 0.949 bits per heavy atom. The molecule has 0 aliphatic carbocycles. The van der Waals surface area contributed by atoms with Crippen LogP contribution >= 0.6 is 0 Å². The Hall–Kier alpha value is -5.14. The summed E-state index contributed by atoms with van der Waals surface area (Å²) >= 11 is 0. The third-order valence-electron chi connectivity index (χ3n) is 7.33. The van der Waals surface area contributed by atoms with E-state index in [-0.39, 0.29) is 51.3 Å². The predicted octanol–water partition coefficient (Wildman–Crippen LogP) is 10.9. The lowest BCUT2D eigenvalue weighted by molar-refractivity contribution is 0.670. The average molecular weight is 505 g/mol. The molecule has 8 rings (SSSR count). The lowest BCUT2D eigenvalue weighted by Gasteiger charge is -2.18. The second-order valence-corrected chi connectivity index (χ2v) is 9.47. The summed E-state index contributed by atoms with van der Waals surface area (Å²) in [6.07, 6.45) is 0. The molecule has 0 saturated heterocycles. The molecule has 0 atom stereocenters. The molecule has 0 saturated carbocycles. The molecule has 0 N–H and O–H groups in total. The third kappa shape index (κ3) is 3.41. The maximum atomic E-state index is 9.22. The van der Waals surface area contributed by atoms with Crippen LogP contribution in [-0.4, -0.2) is 0 Å². The molecule has 182 valence electrons. The van der Waals surface area contributed by atoms with Crippen molar-refractivity contribution in [1.29, 1.82) is 0 Å². The van der Waals surface area contributed by atoms with E-state index in [9.17, 15) is 5.48 Å². The molecule has 1 heterocycles. The van der Waals surface area contributed by atoms with E-state index in [0.29, 0.717) is 27.9 Å². The van der Waals surface area contributed by atoms with Crippen LogP contribution in [0.3, 0.4) is 0 Å². The van der Waals surface area contributed by atoms with E-state index in [4.69, 9.17) is 9.90 Å². The quantitative estimate of drug-likeness (QED) is 0.218. The van der Waals surface area contributed by atoms with E-state index < -0.39 is 24.2 Å². The van der Waals surface area contributed by atoms with Gasteiger partial charge >= 0.3 is 0 Å². The highest BCUT2D eigenvalue weighted by Crippen LogP contribution is 2.46. The van der Waals surface area contributed by atoms with Crippen LogP contribution in [0, 0.1) is 0 Å². The van der Waals surface area contributed by atoms with Gasteiger partial charge in [-0.15, -0.1) is 0 Å². The maximum absolute atomic E-state index is 9.22. The smallest absolute Gasteiger partial charge is 0.143 e. The van der Waals surface area contributed by atoms with E-state index in [1.54, 1.807) is 6.07 Å². The second kappa shape index (κ2) is 8.72. The Morgan fingerprint density at radius 3 is 1.64 bits per heavy atom. The first-order chi connectivity index (χ1) is 22.7. The lowest BCUT2D eigenvalue weighted by atomic mass is 9.85. The van der Waals surface area contributed by atoms with E-state index in [2.05, 4.69) is 0 Å². The first-order valence-corrected chi connectivity index (χ1v) is 12.7. The number of furan rings is 1. The fourth-order valence-electron chi connectivity index (χ4n) is 5.59. The fourth-order valence-corrected chi connectivity index (χ4v) is 5.59. The number of hydrogen-bond donors (Lipinski definition) is 0. The van der Waals surface area contributed by atoms with Crippen LogP contribution < -0.4 is 0 Å². The fraction of sp³-hybridized carbons (Fsp3) is 0. The summed E-state index contributed by atoms with van der Waals surface area (Å²) in [5.74, 6) is 0. The highest BCUT2D eigenvalue weighted by molar-refractivity contribution is 6.24. The van der Waals surface area contributed by atoms with Crippen molar-refractivity contribution in [3.8, 4) is 33.4 Å². The zero-order valence-corrected chi connectivity index (χ0v) is 20.6. The van der Waals surface area contributed by atoms with E-state index in [0.717, 1.165) is 21.9 Å². The van der Waals surface area contributed by atoms with Crippen LogP contribution in [0.15, 0.2) is 150 Å². The van der Waals surface area contributed by atoms with Gasteiger partial charge in [0, 0.05) is 21.9 Å². The van der Waals surface area contributed by atoms with Gasteiger partial charge in [0.05, 0.1) is 11.0 Å². The molecule has 0 fully saturated rings. The minimum atomic E-state index is -0.439. The first kappa shape index (κ1) is 15.3. The van der Waals surface area contributed by atoms with Crippen molar-refractivity contribution in [2.75, 3.05) is 0 Å². The standard InChI is InChI=1S/C38H24O/c1-2-11-25(12-3-1)26-21-23-27(24-22-26)36-29-14-4-6-16-31(29)37(32-17-7-5-15-30(32)36)34-19-10-18-33-28-13-8-9-20-35(28)39-38(33)34/h1-24H/i4D,5D,6D,7D,14D,15D,16D,17D. The van der Waals surface area contributed by atoms with Crippen molar-refractivity contribution in [2.45, 2.75) is 0 Å². The van der Waals surface area contributed by atoms with Crippen LogP contribution in [0.1, 0.15) is 11.0 Å². The van der Waals surface area contributed by atoms with Crippen molar-refractivity contribution in [3.63, 3.8) is 0 Å². The number of hydrogen-bond acceptors (Lipinski definition) is 1. The van der Waals surface area contributed by atoms with Gasteiger partial charge in [-0.2, -0.15) is 0 Å². The highest BCUT2D eigenvalue weighted by Gasteiger charge is 2.19. The zero-order chi connectivity index (χ0) is 32.7. The zero-order valence-electron chi connectivity index (χ0n) is 28.6. The summed E-state index contributed by atoms with van der Waals surface area (Å²) in [5.41, 5.74) is 4.61. The molecular formula is C38H24O. The Balaban J connectivity index is 1.62. The normalized spacial score (nSPS) is 14.5. The Kier molecular flexibility index (Phi) is 3.42. The molecule has 0 spiro atoms. The van der Waals surface area contributed by atoms with Crippen molar-refractivity contribution in [2.24, 2.45) is 0 Å². The second-order valence-electron chi connectivity index (χ2n) is 9.47. The van der Waals surface area contributed by atoms with Gasteiger partial charge < -0.3 is 4.42 Å². The average Bonchev–Trinajstić information content (AvgIpc) is 3.49. The summed E-state index contributed by atoms with van der Waals surface area (Å²) in [5, 5.41) is 2.29. The molecule has 0 amide bonds. The number of fused-ring (bicyclic) bond motifs is 5. The van der Waals surface area contributed by atoms with Gasteiger partial charge in [-0.3, -0.25) is 0 Å². The van der Waals surface area contributed by atoms with Gasteiger partial charge in [0.25, 0.3) is 0 Å². The Labute approximate surface area is 237 Å². The van der Waals surface area contributed by atoms with Crippen molar-refractivity contribution >= 4 is 43.5 Å². The third-order valence-corrected chi connectivity index (χ3v) is 7.33. The summed E-state index contributed by atoms with van der Waals surface area (Å²) < 4.78 is 77.9. The minimum absolute atomic E-state index is 0.156. The summed E-state index contributed by atoms with van der Waals surface area (Å²) in [6, 6.07) is 27.4. The molecule has 0 aliphatic rings. The number of benzene rings is 7. The monoisotopic (exact) mass is 504 g/mol. The molecule has 0 unspecified atom stereocenters. The summed E-state index contributed by atoms with van der Waals surface area (Å²) in [7, 11) is 0. The molecule has 1 heteroatoms. The topological polar surface area (TPSA) is 13.1 Å². The van der Waals surface area contributed by atoms with E-state index in [1.807, 2.05) is 91.0 Å². The molecule has 8 aromatic rings. The lowest BCUT2D eigenvalue weighted by Crippen LogP contribution is -1.91. The van der Waals surface area contributed by atoms with Crippen LogP contribution in [0.5, 0.6) is 0 Å². The summed E-state index contributed by atoms with van der Waals surface area (Å²) in [4.78, 5) is 0. The first-order valence-electron chi connectivity index (χ1n) is 16.7. The summed E-state index contributed by atoms with van der Waals surface area (Å²) in [6.45, 7) is 0. The molecule has 7 aromatic carbocycles. The van der Waals surface area contributed by atoms with Crippen molar-refractivity contribution in [3.05, 3.63) is 145 Å². The molecule has 1 nitrogen and oxygen atoms in total. The molecule has 0 radical (unpaired) electrons. The Bertz CT molecular complexity index is 2510. The van der Waals surface area contributed by atoms with Crippen molar-refractivity contribution in [1.82, 2.24) is 0 Å².